The molecule has 2 amide bonds. The number of amides is 2. The summed E-state index contributed by atoms with van der Waals surface area (Å²) in [5.41, 5.74) is 0. The summed E-state index contributed by atoms with van der Waals surface area (Å²) in [6.45, 7) is 12.6. The highest BCUT2D eigenvalue weighted by atomic mass is 79.9. The molecule has 0 bridgehead atoms. The molecule has 3 heterocycles. The molecule has 3 aliphatic rings. The van der Waals surface area contributed by atoms with E-state index >= 15 is 0 Å². The van der Waals surface area contributed by atoms with Crippen LogP contribution in [0.15, 0.2) is 0 Å². The van der Waals surface area contributed by atoms with Crippen molar-refractivity contribution in [3.05, 3.63) is 0 Å². The van der Waals surface area contributed by atoms with E-state index in [-0.39, 0.29) is 46.3 Å². The van der Waals surface area contributed by atoms with Gasteiger partial charge in [0.1, 0.15) is 35.8 Å². The number of hydrogen-bond acceptors (Lipinski definition) is 2. The lowest BCUT2D eigenvalue weighted by atomic mass is 10.1. The van der Waals surface area contributed by atoms with Gasteiger partial charge >= 0.3 is 0 Å². The van der Waals surface area contributed by atoms with Gasteiger partial charge in [-0.05, 0) is 0 Å². The maximum atomic E-state index is 12.4. The van der Waals surface area contributed by atoms with Gasteiger partial charge in [0.15, 0.2) is 0 Å². The van der Waals surface area contributed by atoms with E-state index in [9.17, 15) is 9.59 Å². The van der Waals surface area contributed by atoms with Gasteiger partial charge in [-0.25, -0.2) is 0 Å². The number of rotatable bonds is 4. The summed E-state index contributed by atoms with van der Waals surface area (Å²) in [6.07, 6.45) is 0. The minimum Gasteiger partial charge on any atom is -1.00 e. The molecule has 30 heavy (non-hydrogen) atoms. The Balaban J connectivity index is 0.00000225. The minimum absolute atomic E-state index is 0. The van der Waals surface area contributed by atoms with Gasteiger partial charge in [0, 0.05) is 10.7 Å². The van der Waals surface area contributed by atoms with Gasteiger partial charge in [-0.2, -0.15) is 0 Å². The van der Waals surface area contributed by atoms with E-state index in [1.165, 1.54) is 35.1 Å². The Morgan fingerprint density at radius 3 is 1.13 bits per heavy atom. The van der Waals surface area contributed by atoms with Gasteiger partial charge in [-0.15, -0.1) is 0 Å². The van der Waals surface area contributed by atoms with E-state index in [2.05, 4.69) is 63.7 Å². The molecule has 2 unspecified atom stereocenters. The van der Waals surface area contributed by atoms with Gasteiger partial charge in [0.05, 0.1) is 52.4 Å². The molecule has 0 aromatic rings. The molecule has 0 aromatic heterocycles. The lowest BCUT2D eigenvalue weighted by Crippen LogP contribution is -3.00. The van der Waals surface area contributed by atoms with Crippen LogP contribution in [0.5, 0.6) is 0 Å². The number of carbonyl (C=O) groups excluding carboxylic acids is 2. The lowest BCUT2D eigenvalue weighted by Gasteiger charge is -2.54. The molecule has 0 N–H and O–H groups in total. The van der Waals surface area contributed by atoms with Crippen molar-refractivity contribution in [2.45, 2.75) is 9.65 Å². The molecule has 176 valence electrons. The molecule has 0 aromatic carbocycles. The van der Waals surface area contributed by atoms with Crippen molar-refractivity contribution in [1.82, 2.24) is 9.80 Å². The highest BCUT2D eigenvalue weighted by molar-refractivity contribution is 9.12. The molecule has 12 heteroatoms. The summed E-state index contributed by atoms with van der Waals surface area (Å²) in [5.74, 6) is 0.425. The van der Waals surface area contributed by atoms with E-state index in [0.29, 0.717) is 10.7 Å². The van der Waals surface area contributed by atoms with Crippen molar-refractivity contribution in [2.24, 2.45) is 0 Å². The van der Waals surface area contributed by atoms with Gasteiger partial charge in [-0.1, -0.05) is 63.7 Å². The van der Waals surface area contributed by atoms with E-state index in [0.717, 1.165) is 52.4 Å². The number of nitrogens with zero attached hydrogens (tertiary/aromatic N) is 4. The van der Waals surface area contributed by atoms with Crippen LogP contribution in [-0.2, 0) is 9.59 Å². The van der Waals surface area contributed by atoms with Crippen LogP contribution in [0.1, 0.15) is 0 Å². The summed E-state index contributed by atoms with van der Waals surface area (Å²) >= 11 is 13.7. The predicted molar refractivity (Wildman–Crippen MR) is 126 cm³/mol. The molecule has 2 spiro atoms. The normalized spacial score (nSPS) is 24.5. The Morgan fingerprint density at radius 1 is 0.633 bits per heavy atom. The molecular formula is C18H30Br4Cl2N4O2. The fourth-order valence-electron chi connectivity index (χ4n) is 4.71. The second-order valence-corrected chi connectivity index (χ2v) is 11.9. The summed E-state index contributed by atoms with van der Waals surface area (Å²) in [5, 5.41) is 1.32. The molecule has 0 saturated carbocycles. The van der Waals surface area contributed by atoms with Crippen molar-refractivity contribution in [2.75, 3.05) is 89.2 Å². The first-order valence-corrected chi connectivity index (χ1v) is 14.1. The van der Waals surface area contributed by atoms with Crippen molar-refractivity contribution in [3.8, 4) is 0 Å². The third-order valence-corrected chi connectivity index (χ3v) is 11.4. The van der Waals surface area contributed by atoms with E-state index in [4.69, 9.17) is 0 Å². The molecule has 2 atom stereocenters. The first kappa shape index (κ1) is 29.4. The van der Waals surface area contributed by atoms with Crippen molar-refractivity contribution < 1.29 is 43.4 Å². The fourth-order valence-corrected chi connectivity index (χ4v) is 5.85. The molecular weight excluding hydrogens is 695 g/mol. The zero-order chi connectivity index (χ0) is 20.4. The Labute approximate surface area is 225 Å². The standard InChI is InChI=1S/C18H30Br4N4O2.2ClH/c19-13-15(21)17(27)23-1-5-25(6-2-23)9-11-26(12-10-25)7-3-24(4-8-26)18(28)16(22)14-20;;/h15-16H,1-14H2;2*1H/q+2;;/p-2. The monoisotopic (exact) mass is 720 g/mol. The van der Waals surface area contributed by atoms with Crippen molar-refractivity contribution in [3.63, 3.8) is 0 Å². The Morgan fingerprint density at radius 2 is 0.900 bits per heavy atom. The SMILES string of the molecule is O=C(C(Br)CBr)N1CC[N+]2(CC1)CC[N+]1(CCN(C(=O)C(Br)CBr)CC1)CC2.[Cl-].[Cl-]. The second kappa shape index (κ2) is 12.7. The zero-order valence-electron chi connectivity index (χ0n) is 16.9. The summed E-state index contributed by atoms with van der Waals surface area (Å²) in [7, 11) is 0. The zero-order valence-corrected chi connectivity index (χ0v) is 24.8. The van der Waals surface area contributed by atoms with E-state index < -0.39 is 0 Å². The second-order valence-electron chi connectivity index (χ2n) is 8.37. The Bertz CT molecular complexity index is 527. The fraction of sp³-hybridized carbons (Fsp3) is 0.889. The number of piperazine rings is 3. The smallest absolute Gasteiger partial charge is 0.237 e. The average Bonchev–Trinajstić information content (AvgIpc) is 2.75. The van der Waals surface area contributed by atoms with Gasteiger partial charge in [-0.3, -0.25) is 9.59 Å². The van der Waals surface area contributed by atoms with Crippen molar-refractivity contribution >= 4 is 75.5 Å². The van der Waals surface area contributed by atoms with Crippen LogP contribution < -0.4 is 24.8 Å². The third-order valence-electron chi connectivity index (χ3n) is 6.90. The van der Waals surface area contributed by atoms with Gasteiger partial charge in [0.25, 0.3) is 0 Å². The van der Waals surface area contributed by atoms with Crippen LogP contribution in [0.25, 0.3) is 0 Å². The topological polar surface area (TPSA) is 40.6 Å². The van der Waals surface area contributed by atoms with E-state index in [1.54, 1.807) is 0 Å². The van der Waals surface area contributed by atoms with Crippen LogP contribution in [-0.4, -0.2) is 129 Å². The minimum atomic E-state index is -0.114. The largest absolute Gasteiger partial charge is 1.00 e. The Kier molecular flexibility index (Phi) is 12.5. The number of hydrogen-bond donors (Lipinski definition) is 0. The molecule has 0 aliphatic carbocycles. The summed E-state index contributed by atoms with van der Waals surface area (Å²) in [4.78, 5) is 28.6. The maximum absolute atomic E-state index is 12.4. The van der Waals surface area contributed by atoms with Crippen LogP contribution in [0.4, 0.5) is 0 Å². The van der Waals surface area contributed by atoms with Crippen LogP contribution in [0.2, 0.25) is 0 Å². The van der Waals surface area contributed by atoms with Gasteiger partial charge in [0.2, 0.25) is 11.8 Å². The van der Waals surface area contributed by atoms with Crippen LogP contribution >= 0.6 is 63.7 Å². The highest BCUT2D eigenvalue weighted by Crippen LogP contribution is 2.25. The first-order valence-electron chi connectivity index (χ1n) is 10.0. The molecule has 0 radical (unpaired) electrons. The third kappa shape index (κ3) is 6.70. The van der Waals surface area contributed by atoms with E-state index in [1.807, 2.05) is 9.80 Å². The number of quaternary nitrogens is 2. The Hall–Kier alpha value is 1.36. The average molecular weight is 725 g/mol. The maximum Gasteiger partial charge on any atom is 0.237 e. The number of alkyl halides is 4. The molecule has 6 nitrogen and oxygen atoms in total. The highest BCUT2D eigenvalue weighted by Gasteiger charge is 2.46. The summed E-state index contributed by atoms with van der Waals surface area (Å²) in [6, 6.07) is 0. The van der Waals surface area contributed by atoms with Crippen molar-refractivity contribution in [1.29, 1.82) is 0 Å². The van der Waals surface area contributed by atoms with Gasteiger partial charge < -0.3 is 43.6 Å². The quantitative estimate of drug-likeness (QED) is 0.218. The number of carbonyl (C=O) groups is 2. The predicted octanol–water partition coefficient (Wildman–Crippen LogP) is -4.36. The molecule has 3 rings (SSSR count). The molecule has 3 aliphatic heterocycles. The summed E-state index contributed by atoms with van der Waals surface area (Å²) < 4.78 is 2.33. The first-order chi connectivity index (χ1) is 13.3. The molecule has 3 saturated heterocycles. The van der Waals surface area contributed by atoms with Crippen LogP contribution in [0, 0.1) is 0 Å². The number of halogens is 6. The lowest BCUT2D eigenvalue weighted by molar-refractivity contribution is -1.03. The van der Waals surface area contributed by atoms with Crippen LogP contribution in [0.3, 0.4) is 0 Å². The molecule has 3 fully saturated rings.